The number of H-pyrrole nitrogens is 1. The van der Waals surface area contributed by atoms with Crippen LogP contribution >= 0.6 is 34.5 Å². The summed E-state index contributed by atoms with van der Waals surface area (Å²) >= 11 is 13.8. The summed E-state index contributed by atoms with van der Waals surface area (Å²) in [5.41, 5.74) is 2.82. The molecule has 0 aliphatic heterocycles. The number of nitrogens with zero attached hydrogens (tertiary/aromatic N) is 4. The first kappa shape index (κ1) is 22.3. The molecular weight excluding hydrogens is 469 g/mol. The molecule has 3 aromatic heterocycles. The highest BCUT2D eigenvalue weighted by Crippen LogP contribution is 2.23. The zero-order valence-corrected chi connectivity index (χ0v) is 19.6. The fraction of sp³-hybridized carbons (Fsp3) is 0.182. The van der Waals surface area contributed by atoms with E-state index >= 15 is 0 Å². The number of amides is 1. The molecule has 7 nitrogen and oxygen atoms in total. The molecule has 0 unspecified atom stereocenters. The van der Waals surface area contributed by atoms with Gasteiger partial charge in [-0.25, -0.2) is 9.67 Å². The van der Waals surface area contributed by atoms with E-state index in [2.05, 4.69) is 15.1 Å². The van der Waals surface area contributed by atoms with Gasteiger partial charge in [-0.2, -0.15) is 5.10 Å². The molecule has 0 fully saturated rings. The third-order valence-electron chi connectivity index (χ3n) is 4.87. The van der Waals surface area contributed by atoms with Crippen LogP contribution in [0, 0.1) is 6.92 Å². The van der Waals surface area contributed by atoms with Gasteiger partial charge in [0, 0.05) is 23.7 Å². The summed E-state index contributed by atoms with van der Waals surface area (Å²) in [5.74, 6) is 0.175. The number of aromatic nitrogens is 4. The summed E-state index contributed by atoms with van der Waals surface area (Å²) in [7, 11) is 1.64. The van der Waals surface area contributed by atoms with Gasteiger partial charge in [-0.3, -0.25) is 9.59 Å². The van der Waals surface area contributed by atoms with Crippen LogP contribution in [-0.2, 0) is 17.9 Å². The molecule has 1 amide bonds. The molecule has 4 rings (SSSR count). The summed E-state index contributed by atoms with van der Waals surface area (Å²) in [6.45, 7) is 2.50. The summed E-state index contributed by atoms with van der Waals surface area (Å²) in [6, 6.07) is 9.24. The Kier molecular flexibility index (Phi) is 6.45. The van der Waals surface area contributed by atoms with E-state index in [0.717, 1.165) is 5.56 Å². The highest BCUT2D eigenvalue weighted by Gasteiger charge is 2.14. The van der Waals surface area contributed by atoms with Crippen molar-refractivity contribution in [3.8, 4) is 0 Å². The summed E-state index contributed by atoms with van der Waals surface area (Å²) in [4.78, 5) is 33.3. The van der Waals surface area contributed by atoms with Gasteiger partial charge in [0.1, 0.15) is 15.7 Å². The van der Waals surface area contributed by atoms with E-state index in [1.165, 1.54) is 22.3 Å². The van der Waals surface area contributed by atoms with Crippen molar-refractivity contribution in [2.45, 2.75) is 20.0 Å². The number of hydrogen-bond donors (Lipinski definition) is 1. The van der Waals surface area contributed by atoms with Crippen LogP contribution in [0.4, 0.5) is 0 Å². The van der Waals surface area contributed by atoms with Crippen molar-refractivity contribution in [3.05, 3.63) is 85.0 Å². The molecule has 1 N–H and O–H groups in total. The lowest BCUT2D eigenvalue weighted by Crippen LogP contribution is -2.26. The molecule has 0 bridgehead atoms. The van der Waals surface area contributed by atoms with Crippen LogP contribution in [0.2, 0.25) is 10.2 Å². The molecule has 10 heteroatoms. The second-order valence-electron chi connectivity index (χ2n) is 7.25. The van der Waals surface area contributed by atoms with E-state index in [0.29, 0.717) is 44.0 Å². The Hall–Kier alpha value is -2.94. The topological polar surface area (TPSA) is 83.9 Å². The van der Waals surface area contributed by atoms with E-state index in [9.17, 15) is 9.59 Å². The van der Waals surface area contributed by atoms with Crippen molar-refractivity contribution in [1.29, 1.82) is 0 Å². The summed E-state index contributed by atoms with van der Waals surface area (Å²) in [5, 5.41) is 7.40. The van der Waals surface area contributed by atoms with E-state index in [4.69, 9.17) is 23.2 Å². The van der Waals surface area contributed by atoms with Crippen LogP contribution < -0.4 is 5.56 Å². The van der Waals surface area contributed by atoms with Crippen LogP contribution in [0.1, 0.15) is 22.6 Å². The Bertz CT molecular complexity index is 1370. The van der Waals surface area contributed by atoms with Gasteiger partial charge < -0.3 is 9.88 Å². The van der Waals surface area contributed by atoms with E-state index < -0.39 is 0 Å². The standard InChI is InChI=1S/C22H19Cl2N5O2S/c1-13-16(21(24)29(27-13)11-14-3-5-15(23)6-4-14)7-8-19(30)28(2)12-18-25-17-9-10-32-20(17)22(31)26-18/h3-10H,11-12H2,1-2H3,(H,25,26,31)/b8-7+. The summed E-state index contributed by atoms with van der Waals surface area (Å²) in [6.07, 6.45) is 3.09. The van der Waals surface area contributed by atoms with E-state index in [-0.39, 0.29) is 18.0 Å². The quantitative estimate of drug-likeness (QED) is 0.405. The fourth-order valence-corrected chi connectivity index (χ4v) is 4.35. The largest absolute Gasteiger partial charge is 0.335 e. The van der Waals surface area contributed by atoms with Gasteiger partial charge >= 0.3 is 0 Å². The smallest absolute Gasteiger partial charge is 0.268 e. The molecule has 32 heavy (non-hydrogen) atoms. The number of benzene rings is 1. The molecule has 4 aromatic rings. The molecule has 0 aliphatic carbocycles. The highest BCUT2D eigenvalue weighted by atomic mass is 35.5. The van der Waals surface area contributed by atoms with Gasteiger partial charge in [0.2, 0.25) is 5.91 Å². The minimum atomic E-state index is -0.251. The number of rotatable bonds is 6. The Labute approximate surface area is 197 Å². The van der Waals surface area contributed by atoms with E-state index in [1.54, 1.807) is 23.9 Å². The van der Waals surface area contributed by atoms with Gasteiger partial charge in [-0.1, -0.05) is 35.3 Å². The van der Waals surface area contributed by atoms with Crippen LogP contribution in [0.5, 0.6) is 0 Å². The van der Waals surface area contributed by atoms with Gasteiger partial charge in [-0.15, -0.1) is 11.3 Å². The number of halogens is 2. The second-order valence-corrected chi connectivity index (χ2v) is 8.96. The number of fused-ring (bicyclic) bond motifs is 1. The fourth-order valence-electron chi connectivity index (χ4n) is 3.20. The number of hydrogen-bond acceptors (Lipinski definition) is 5. The molecule has 3 heterocycles. The minimum Gasteiger partial charge on any atom is -0.335 e. The van der Waals surface area contributed by atoms with Gasteiger partial charge in [0.15, 0.2) is 0 Å². The average Bonchev–Trinajstić information content (AvgIpc) is 3.33. The first-order chi connectivity index (χ1) is 15.3. The van der Waals surface area contributed by atoms with Gasteiger partial charge in [-0.05, 0) is 42.1 Å². The number of aryl methyl sites for hydroxylation is 1. The maximum absolute atomic E-state index is 12.6. The van der Waals surface area contributed by atoms with Gasteiger partial charge in [0.05, 0.1) is 24.3 Å². The number of thiophene rings is 1. The number of carbonyl (C=O) groups excluding carboxylic acids is 1. The predicted molar refractivity (Wildman–Crippen MR) is 128 cm³/mol. The lowest BCUT2D eigenvalue weighted by atomic mass is 10.2. The predicted octanol–water partition coefficient (Wildman–Crippen LogP) is 4.52. The minimum absolute atomic E-state index is 0.173. The molecule has 0 atom stereocenters. The van der Waals surface area contributed by atoms with Crippen molar-refractivity contribution < 1.29 is 4.79 Å². The van der Waals surface area contributed by atoms with E-state index in [1.807, 2.05) is 36.6 Å². The number of carbonyl (C=O) groups is 1. The lowest BCUT2D eigenvalue weighted by Gasteiger charge is -2.14. The molecule has 0 spiro atoms. The molecular formula is C22H19Cl2N5O2S. The molecule has 0 saturated heterocycles. The maximum Gasteiger partial charge on any atom is 0.268 e. The third-order valence-corrected chi connectivity index (χ3v) is 6.43. The Morgan fingerprint density at radius 3 is 2.75 bits per heavy atom. The van der Waals surface area contributed by atoms with Crippen molar-refractivity contribution in [1.82, 2.24) is 24.6 Å². The molecule has 0 saturated carbocycles. The second kappa shape index (κ2) is 9.28. The third kappa shape index (κ3) is 4.77. The SMILES string of the molecule is Cc1nn(Cc2ccc(Cl)cc2)c(Cl)c1/C=C/C(=O)N(C)Cc1nc2ccsc2c(=O)[nH]1. The van der Waals surface area contributed by atoms with Gasteiger partial charge in [0.25, 0.3) is 5.56 Å². The molecule has 0 radical (unpaired) electrons. The lowest BCUT2D eigenvalue weighted by molar-refractivity contribution is -0.125. The number of nitrogens with one attached hydrogen (secondary N) is 1. The van der Waals surface area contributed by atoms with Crippen LogP contribution in [0.3, 0.4) is 0 Å². The van der Waals surface area contributed by atoms with Crippen LogP contribution in [-0.4, -0.2) is 37.6 Å². The van der Waals surface area contributed by atoms with Crippen molar-refractivity contribution in [3.63, 3.8) is 0 Å². The van der Waals surface area contributed by atoms with Crippen LogP contribution in [0.15, 0.2) is 46.6 Å². The molecule has 0 aliphatic rings. The van der Waals surface area contributed by atoms with Crippen molar-refractivity contribution >= 4 is 56.7 Å². The number of likely N-dealkylation sites (N-methyl/N-ethyl adjacent to an activating group) is 1. The zero-order valence-electron chi connectivity index (χ0n) is 17.3. The first-order valence-electron chi connectivity index (χ1n) is 9.68. The zero-order chi connectivity index (χ0) is 22.8. The van der Waals surface area contributed by atoms with Crippen molar-refractivity contribution in [2.24, 2.45) is 0 Å². The average molecular weight is 488 g/mol. The highest BCUT2D eigenvalue weighted by molar-refractivity contribution is 7.17. The molecule has 164 valence electrons. The molecule has 1 aromatic carbocycles. The monoisotopic (exact) mass is 487 g/mol. The van der Waals surface area contributed by atoms with Crippen LogP contribution in [0.25, 0.3) is 16.3 Å². The first-order valence-corrected chi connectivity index (χ1v) is 11.3. The Morgan fingerprint density at radius 1 is 1.25 bits per heavy atom. The maximum atomic E-state index is 12.6. The Balaban J connectivity index is 1.47. The number of aromatic amines is 1. The summed E-state index contributed by atoms with van der Waals surface area (Å²) < 4.78 is 2.25. The van der Waals surface area contributed by atoms with Crippen molar-refractivity contribution in [2.75, 3.05) is 7.05 Å². The Morgan fingerprint density at radius 2 is 2.00 bits per heavy atom. The normalized spacial score (nSPS) is 11.5.